The number of anilines is 1. The molecule has 0 aliphatic carbocycles. The monoisotopic (exact) mass is 450 g/mol. The minimum Gasteiger partial charge on any atom is -0.496 e. The number of carbonyl (C=O) groups is 1. The van der Waals surface area contributed by atoms with Crippen LogP contribution in [0.3, 0.4) is 0 Å². The first-order chi connectivity index (χ1) is 16.5. The summed E-state index contributed by atoms with van der Waals surface area (Å²) < 4.78 is 5.70. The number of nitrogens with one attached hydrogen (secondary N) is 2. The van der Waals surface area contributed by atoms with Crippen molar-refractivity contribution in [1.29, 1.82) is 0 Å². The number of ether oxygens (including phenoxy) is 1. The topological polar surface area (TPSA) is 76.1 Å². The van der Waals surface area contributed by atoms with Crippen LogP contribution >= 0.6 is 0 Å². The van der Waals surface area contributed by atoms with Gasteiger partial charge in [0.05, 0.1) is 18.7 Å². The second kappa shape index (κ2) is 10.2. The van der Waals surface area contributed by atoms with Crippen molar-refractivity contribution in [2.24, 2.45) is 0 Å². The van der Waals surface area contributed by atoms with Crippen molar-refractivity contribution in [3.05, 3.63) is 83.7 Å². The number of hydrogen-bond acceptors (Lipinski definition) is 5. The number of carbonyl (C=O) groups excluding carboxylic acids is 1. The maximum atomic E-state index is 12.6. The van der Waals surface area contributed by atoms with E-state index in [1.165, 1.54) is 0 Å². The van der Waals surface area contributed by atoms with Crippen LogP contribution in [0.4, 0.5) is 5.82 Å². The molecule has 4 aromatic rings. The Labute approximate surface area is 199 Å². The van der Waals surface area contributed by atoms with Crippen molar-refractivity contribution in [3.63, 3.8) is 0 Å². The van der Waals surface area contributed by atoms with E-state index in [4.69, 9.17) is 4.74 Å². The summed E-state index contributed by atoms with van der Waals surface area (Å²) in [4.78, 5) is 21.8. The molecule has 1 atom stereocenters. The summed E-state index contributed by atoms with van der Waals surface area (Å²) in [6.07, 6.45) is 0. The number of likely N-dealkylation sites (N-methyl/N-ethyl adjacent to an activating group) is 1. The van der Waals surface area contributed by atoms with Gasteiger partial charge in [-0.15, -0.1) is 0 Å². The Balaban J connectivity index is 1.89. The van der Waals surface area contributed by atoms with Gasteiger partial charge in [0.15, 0.2) is 0 Å². The molecule has 0 saturated carbocycles. The third-order valence-electron chi connectivity index (χ3n) is 5.49. The number of hydrogen-bond donors (Lipinski definition) is 2. The fraction of sp³-hybridized carbons (Fsp3) is 0.179. The molecule has 1 unspecified atom stereocenters. The van der Waals surface area contributed by atoms with Gasteiger partial charge in [0, 0.05) is 22.2 Å². The van der Waals surface area contributed by atoms with Gasteiger partial charge in [0.1, 0.15) is 17.3 Å². The fourth-order valence-electron chi connectivity index (χ4n) is 3.58. The average Bonchev–Trinajstić information content (AvgIpc) is 2.86. The summed E-state index contributed by atoms with van der Waals surface area (Å²) in [6.45, 7) is 3.75. The van der Waals surface area contributed by atoms with Gasteiger partial charge in [0.25, 0.3) is 0 Å². The number of rotatable bonds is 5. The molecule has 2 heterocycles. The molecule has 0 radical (unpaired) electrons. The highest BCUT2D eigenvalue weighted by molar-refractivity contribution is 6.00. The molecule has 6 heteroatoms. The van der Waals surface area contributed by atoms with Crippen LogP contribution in [0.2, 0.25) is 0 Å². The van der Waals surface area contributed by atoms with E-state index in [0.29, 0.717) is 17.3 Å². The lowest BCUT2D eigenvalue weighted by Crippen LogP contribution is -2.35. The predicted octanol–water partition coefficient (Wildman–Crippen LogP) is 4.56. The number of aryl methyl sites for hydroxylation is 1. The van der Waals surface area contributed by atoms with Crippen LogP contribution in [0.1, 0.15) is 23.9 Å². The summed E-state index contributed by atoms with van der Waals surface area (Å²) in [5.41, 5.74) is 4.91. The van der Waals surface area contributed by atoms with Crippen LogP contribution in [0.5, 0.6) is 5.75 Å². The molecule has 0 spiro atoms. The Morgan fingerprint density at radius 1 is 1.00 bits per heavy atom. The Bertz CT molecular complexity index is 1400. The minimum atomic E-state index is -0.372. The average molecular weight is 451 g/mol. The van der Waals surface area contributed by atoms with Crippen LogP contribution < -0.4 is 15.4 Å². The van der Waals surface area contributed by atoms with Gasteiger partial charge in [-0.05, 0) is 74.8 Å². The van der Waals surface area contributed by atoms with Gasteiger partial charge in [-0.2, -0.15) is 0 Å². The van der Waals surface area contributed by atoms with Crippen molar-refractivity contribution >= 4 is 22.6 Å². The summed E-state index contributed by atoms with van der Waals surface area (Å²) in [7, 11) is 3.38. The minimum absolute atomic E-state index is 0.184. The second-order valence-corrected chi connectivity index (χ2v) is 7.90. The maximum absolute atomic E-state index is 12.6. The summed E-state index contributed by atoms with van der Waals surface area (Å²) in [5.74, 6) is 7.22. The smallest absolute Gasteiger partial charge is 0.242 e. The van der Waals surface area contributed by atoms with Crippen molar-refractivity contribution in [2.75, 3.05) is 19.5 Å². The highest BCUT2D eigenvalue weighted by atomic mass is 16.5. The number of methoxy groups -OCH3 is 1. The fourth-order valence-corrected chi connectivity index (χ4v) is 3.58. The van der Waals surface area contributed by atoms with E-state index in [2.05, 4.69) is 32.4 Å². The van der Waals surface area contributed by atoms with E-state index in [1.54, 1.807) is 21.1 Å². The molecule has 2 aromatic carbocycles. The van der Waals surface area contributed by atoms with Crippen LogP contribution in [0.25, 0.3) is 22.0 Å². The van der Waals surface area contributed by atoms with Gasteiger partial charge in [-0.25, -0.2) is 4.98 Å². The van der Waals surface area contributed by atoms with Crippen molar-refractivity contribution in [3.8, 4) is 28.7 Å². The molecular weight excluding hydrogens is 424 g/mol. The number of nitrogens with zero attached hydrogens (tertiary/aromatic N) is 2. The molecular formula is C28H26N4O2. The van der Waals surface area contributed by atoms with E-state index in [0.717, 1.165) is 33.3 Å². The molecule has 4 rings (SSSR count). The van der Waals surface area contributed by atoms with E-state index >= 15 is 0 Å². The first-order valence-electron chi connectivity index (χ1n) is 11.0. The second-order valence-electron chi connectivity index (χ2n) is 7.90. The number of pyridine rings is 2. The molecule has 1 amide bonds. The van der Waals surface area contributed by atoms with Crippen molar-refractivity contribution in [2.45, 2.75) is 19.9 Å². The van der Waals surface area contributed by atoms with E-state index in [9.17, 15) is 4.79 Å². The van der Waals surface area contributed by atoms with Crippen LogP contribution in [-0.4, -0.2) is 36.1 Å². The predicted molar refractivity (Wildman–Crippen MR) is 136 cm³/mol. The van der Waals surface area contributed by atoms with E-state index < -0.39 is 0 Å². The zero-order chi connectivity index (χ0) is 24.1. The number of amides is 1. The van der Waals surface area contributed by atoms with Crippen LogP contribution in [0.15, 0.2) is 66.7 Å². The zero-order valence-corrected chi connectivity index (χ0v) is 19.6. The number of benzene rings is 2. The SMILES string of the molecule is CNC(C)C(=O)Nc1cc(-c2c(OC)ccc3nc(C)ccc23)cc(C#Cc2ccccc2)n1. The Morgan fingerprint density at radius 3 is 2.53 bits per heavy atom. The molecule has 2 aromatic heterocycles. The molecule has 0 bridgehead atoms. The molecule has 0 aliphatic rings. The molecule has 2 N–H and O–H groups in total. The number of fused-ring (bicyclic) bond motifs is 1. The lowest BCUT2D eigenvalue weighted by Gasteiger charge is -2.15. The van der Waals surface area contributed by atoms with Gasteiger partial charge in [-0.1, -0.05) is 30.2 Å². The molecule has 0 fully saturated rings. The first kappa shape index (κ1) is 23.0. The van der Waals surface area contributed by atoms with Crippen LogP contribution in [0, 0.1) is 18.8 Å². The first-order valence-corrected chi connectivity index (χ1v) is 11.0. The number of aromatic nitrogens is 2. The Kier molecular flexibility index (Phi) is 6.86. The highest BCUT2D eigenvalue weighted by Gasteiger charge is 2.16. The van der Waals surface area contributed by atoms with Gasteiger partial charge >= 0.3 is 0 Å². The summed E-state index contributed by atoms with van der Waals surface area (Å²) >= 11 is 0. The molecule has 6 nitrogen and oxygen atoms in total. The van der Waals surface area contributed by atoms with Crippen LogP contribution in [-0.2, 0) is 4.79 Å². The van der Waals surface area contributed by atoms with Crippen molar-refractivity contribution < 1.29 is 9.53 Å². The standard InChI is InChI=1S/C28H26N4O2/c1-18-10-13-23-24(30-18)14-15-25(34-4)27(23)21-16-22(12-11-20-8-6-5-7-9-20)31-26(17-21)32-28(33)19(2)29-3/h5-10,13-17,19,29H,1-4H3,(H,31,32,33). The third kappa shape index (κ3) is 5.06. The molecule has 170 valence electrons. The maximum Gasteiger partial charge on any atom is 0.242 e. The molecule has 0 aliphatic heterocycles. The van der Waals surface area contributed by atoms with Gasteiger partial charge in [0.2, 0.25) is 5.91 Å². The van der Waals surface area contributed by atoms with E-state index in [1.807, 2.05) is 73.7 Å². The summed E-state index contributed by atoms with van der Waals surface area (Å²) in [5, 5.41) is 6.79. The molecule has 0 saturated heterocycles. The van der Waals surface area contributed by atoms with Crippen molar-refractivity contribution in [1.82, 2.24) is 15.3 Å². The highest BCUT2D eigenvalue weighted by Crippen LogP contribution is 2.37. The Morgan fingerprint density at radius 2 is 1.79 bits per heavy atom. The summed E-state index contributed by atoms with van der Waals surface area (Å²) in [6, 6.07) is 20.9. The Hall–Kier alpha value is -4.21. The lowest BCUT2D eigenvalue weighted by atomic mass is 9.98. The molecule has 34 heavy (non-hydrogen) atoms. The third-order valence-corrected chi connectivity index (χ3v) is 5.49. The van der Waals surface area contributed by atoms with Gasteiger partial charge < -0.3 is 15.4 Å². The van der Waals surface area contributed by atoms with Gasteiger partial charge in [-0.3, -0.25) is 9.78 Å². The van der Waals surface area contributed by atoms with E-state index in [-0.39, 0.29) is 11.9 Å². The largest absolute Gasteiger partial charge is 0.496 e. The quantitative estimate of drug-likeness (QED) is 0.436. The zero-order valence-electron chi connectivity index (χ0n) is 19.6. The normalized spacial score (nSPS) is 11.4. The lowest BCUT2D eigenvalue weighted by molar-refractivity contribution is -0.117.